The number of carbonyl (C=O) groups excluding carboxylic acids is 1. The summed E-state index contributed by atoms with van der Waals surface area (Å²) in [6.07, 6.45) is -5.07. The van der Waals surface area contributed by atoms with E-state index in [9.17, 15) is 54.5 Å². The smallest absolute Gasteiger partial charge is 0.413 e. The first-order valence-corrected chi connectivity index (χ1v) is 27.2. The van der Waals surface area contributed by atoms with Crippen LogP contribution in [0.1, 0.15) is 120 Å². The molecular weight excluding hydrogens is 836 g/mol. The number of alkyl halides is 9. The average Bonchev–Trinajstić information content (AvgIpc) is 3.82. The number of Topliss-reactive ketones (excluding diaryl/α,β-unsaturated/α-hetero) is 1. The van der Waals surface area contributed by atoms with Gasteiger partial charge >= 0.3 is 23.9 Å². The van der Waals surface area contributed by atoms with E-state index in [4.69, 9.17) is 8.85 Å². The molecule has 0 aliphatic heterocycles. The Morgan fingerprint density at radius 2 is 1.38 bits per heavy atom. The van der Waals surface area contributed by atoms with Crippen molar-refractivity contribution < 1.29 is 63.4 Å². The number of carbonyl (C=O) groups is 1. The third-order valence-electron chi connectivity index (χ3n) is 15.8. The Bertz CT molecular complexity index is 1670. The number of fused-ring (bicyclic) bond motifs is 1. The summed E-state index contributed by atoms with van der Waals surface area (Å²) < 4.78 is 137. The van der Waals surface area contributed by atoms with Crippen LogP contribution in [0.5, 0.6) is 0 Å². The van der Waals surface area contributed by atoms with Gasteiger partial charge in [-0.25, -0.2) is 0 Å². The minimum Gasteiger partial charge on any atom is -0.413 e. The van der Waals surface area contributed by atoms with E-state index in [0.717, 1.165) is 43.3 Å². The Balaban J connectivity index is 1.54. The van der Waals surface area contributed by atoms with Gasteiger partial charge in [-0.15, -0.1) is 0 Å². The second-order valence-corrected chi connectivity index (χ2v) is 31.3. The molecule has 4 unspecified atom stereocenters. The van der Waals surface area contributed by atoms with Crippen LogP contribution in [-0.2, 0) is 13.6 Å². The summed E-state index contributed by atoms with van der Waals surface area (Å²) in [5, 5.41) is 21.6. The molecule has 2 N–H and O–H groups in total. The maximum atomic E-state index is 14.8. The number of rotatable bonds is 14. The van der Waals surface area contributed by atoms with E-state index in [2.05, 4.69) is 93.4 Å². The Labute approximate surface area is 353 Å². The largest absolute Gasteiger partial charge is 0.460 e. The molecule has 4 aliphatic carbocycles. The van der Waals surface area contributed by atoms with Crippen molar-refractivity contribution in [3.05, 3.63) is 35.5 Å². The van der Waals surface area contributed by atoms with Crippen LogP contribution >= 0.6 is 0 Å². The molecule has 0 aromatic carbocycles. The fraction of sp³-hybridized carbons (Fsp3) is 0.841. The van der Waals surface area contributed by atoms with E-state index < -0.39 is 89.2 Å². The molecule has 4 saturated carbocycles. The van der Waals surface area contributed by atoms with Crippen LogP contribution in [-0.4, -0.2) is 81.0 Å². The Hall–Kier alpha value is -1.47. The zero-order valence-electron chi connectivity index (χ0n) is 37.5. The molecule has 8 atom stereocenters. The standard InChI is InChI=1S/C44H69F9O5Si2/c1-26-29(23-30(57-59(10,11)37(3,4)5)24-34(26)58-60(12,13)38(6,7)8)17-16-28-15-14-20-39(9)31(18-19-32(28)39)27(2)33(54)25-35(55)40(21-22-40)36(56)41(45,46)42(47,48)43(49,50)44(51,52)53/h16-17,27,30-34,36,54,56H,1,14-15,18-25H2,2-13H3/t27-,30?,31+,32-,33?,34?,36?,39+/m0/s1. The maximum Gasteiger partial charge on any atom is 0.460 e. The monoisotopic (exact) mass is 904 g/mol. The molecule has 4 fully saturated rings. The number of aliphatic hydroxyl groups is 2. The maximum absolute atomic E-state index is 14.8. The first-order valence-electron chi connectivity index (χ1n) is 21.4. The van der Waals surface area contributed by atoms with Gasteiger partial charge in [-0.2, -0.15) is 39.5 Å². The predicted octanol–water partition coefficient (Wildman–Crippen LogP) is 12.8. The zero-order valence-corrected chi connectivity index (χ0v) is 39.5. The van der Waals surface area contributed by atoms with E-state index in [1.165, 1.54) is 5.57 Å². The molecule has 4 aliphatic rings. The third kappa shape index (κ3) is 9.22. The van der Waals surface area contributed by atoms with Crippen LogP contribution in [0.25, 0.3) is 0 Å². The van der Waals surface area contributed by atoms with Crippen LogP contribution in [0.3, 0.4) is 0 Å². The van der Waals surface area contributed by atoms with E-state index >= 15 is 0 Å². The predicted molar refractivity (Wildman–Crippen MR) is 220 cm³/mol. The van der Waals surface area contributed by atoms with Crippen LogP contribution in [0.15, 0.2) is 35.5 Å². The lowest BCUT2D eigenvalue weighted by molar-refractivity contribution is -0.408. The lowest BCUT2D eigenvalue weighted by atomic mass is 9.60. The zero-order chi connectivity index (χ0) is 46.3. The van der Waals surface area contributed by atoms with Crippen molar-refractivity contribution in [2.24, 2.45) is 28.6 Å². The average molecular weight is 905 g/mol. The molecule has 5 nitrogen and oxygen atoms in total. The lowest BCUT2D eigenvalue weighted by Crippen LogP contribution is -2.66. The fourth-order valence-electron chi connectivity index (χ4n) is 9.50. The van der Waals surface area contributed by atoms with Gasteiger partial charge in [-0.05, 0) is 122 Å². The van der Waals surface area contributed by atoms with Crippen molar-refractivity contribution in [3.63, 3.8) is 0 Å². The van der Waals surface area contributed by atoms with Gasteiger partial charge in [0.1, 0.15) is 11.9 Å². The second-order valence-electron chi connectivity index (χ2n) is 21.7. The normalized spacial score (nSPS) is 30.4. The van der Waals surface area contributed by atoms with Gasteiger partial charge in [0.15, 0.2) is 16.6 Å². The first kappa shape index (κ1) is 51.2. The summed E-state index contributed by atoms with van der Waals surface area (Å²) in [4.78, 5) is 13.3. The quantitative estimate of drug-likeness (QED) is 0.134. The van der Waals surface area contributed by atoms with Gasteiger partial charge in [-0.3, -0.25) is 4.79 Å². The molecule has 4 rings (SSSR count). The van der Waals surface area contributed by atoms with Crippen molar-refractivity contribution >= 4 is 22.4 Å². The minimum absolute atomic E-state index is 0.0109. The Morgan fingerprint density at radius 3 is 1.88 bits per heavy atom. The van der Waals surface area contributed by atoms with Crippen LogP contribution in [0.2, 0.25) is 36.3 Å². The number of hydrogen-bond acceptors (Lipinski definition) is 5. The lowest BCUT2D eigenvalue weighted by Gasteiger charge is -2.46. The van der Waals surface area contributed by atoms with Crippen molar-refractivity contribution in [2.45, 2.75) is 204 Å². The fourth-order valence-corrected chi connectivity index (χ4v) is 12.2. The van der Waals surface area contributed by atoms with Gasteiger partial charge in [0.2, 0.25) is 0 Å². The number of ketones is 1. The highest BCUT2D eigenvalue weighted by molar-refractivity contribution is 6.74. The summed E-state index contributed by atoms with van der Waals surface area (Å²) in [5.74, 6) is -22.5. The topological polar surface area (TPSA) is 76.0 Å². The van der Waals surface area contributed by atoms with E-state index in [0.29, 0.717) is 12.8 Å². The highest BCUT2D eigenvalue weighted by Crippen LogP contribution is 2.63. The van der Waals surface area contributed by atoms with E-state index in [-0.39, 0.29) is 39.5 Å². The summed E-state index contributed by atoms with van der Waals surface area (Å²) in [6, 6.07) is 0. The van der Waals surface area contributed by atoms with Crippen LogP contribution in [0, 0.1) is 28.6 Å². The van der Waals surface area contributed by atoms with Gasteiger partial charge < -0.3 is 19.1 Å². The molecule has 0 amide bonds. The summed E-state index contributed by atoms with van der Waals surface area (Å²) in [7, 11) is -4.31. The van der Waals surface area contributed by atoms with Crippen molar-refractivity contribution in [3.8, 4) is 0 Å². The number of allylic oxidation sites excluding steroid dienone is 3. The molecule has 0 bridgehead atoms. The summed E-state index contributed by atoms with van der Waals surface area (Å²) in [6.45, 7) is 30.6. The number of halogens is 9. The van der Waals surface area contributed by atoms with Crippen molar-refractivity contribution in [2.75, 3.05) is 0 Å². The SMILES string of the molecule is C=C1C(=CC=C2CCC[C@]3(C)[C@@H]([C@H](C)C(O)CC(=O)C4(C(O)C(F)(F)C(F)(F)C(F)(F)C(F)(F)F)CC4)CC[C@@H]23)CC(O[Si](C)(C)C(C)(C)C)CC1O[Si](C)(C)C(C)(C)C. The van der Waals surface area contributed by atoms with Gasteiger partial charge in [-0.1, -0.05) is 79.7 Å². The molecule has 0 aromatic rings. The Kier molecular flexibility index (Phi) is 14.1. The highest BCUT2D eigenvalue weighted by atomic mass is 28.4. The molecule has 0 spiro atoms. The van der Waals surface area contributed by atoms with Gasteiger partial charge in [0.05, 0.1) is 23.7 Å². The minimum atomic E-state index is -7.19. The van der Waals surface area contributed by atoms with Gasteiger partial charge in [0, 0.05) is 12.8 Å². The molecule has 0 heterocycles. The molecule has 0 aromatic heterocycles. The van der Waals surface area contributed by atoms with E-state index in [1.54, 1.807) is 6.92 Å². The van der Waals surface area contributed by atoms with Gasteiger partial charge in [0.25, 0.3) is 0 Å². The molecule has 0 saturated heterocycles. The van der Waals surface area contributed by atoms with E-state index in [1.807, 2.05) is 0 Å². The van der Waals surface area contributed by atoms with Crippen molar-refractivity contribution in [1.82, 2.24) is 0 Å². The first-order chi connectivity index (χ1) is 26.8. The number of hydrogen-bond donors (Lipinski definition) is 2. The summed E-state index contributed by atoms with van der Waals surface area (Å²) >= 11 is 0. The summed E-state index contributed by atoms with van der Waals surface area (Å²) in [5.41, 5.74) is 0.222. The second kappa shape index (κ2) is 16.5. The third-order valence-corrected chi connectivity index (χ3v) is 24.8. The highest BCUT2D eigenvalue weighted by Gasteiger charge is 2.85. The molecule has 16 heteroatoms. The Morgan fingerprint density at radius 1 is 0.850 bits per heavy atom. The molecule has 60 heavy (non-hydrogen) atoms. The molecule has 346 valence electrons. The van der Waals surface area contributed by atoms with Crippen LogP contribution < -0.4 is 0 Å². The van der Waals surface area contributed by atoms with Crippen LogP contribution in [0.4, 0.5) is 39.5 Å². The van der Waals surface area contributed by atoms with Crippen molar-refractivity contribution in [1.29, 1.82) is 0 Å². The molecular formula is C44H69F9O5Si2. The molecule has 0 radical (unpaired) electrons. The number of aliphatic hydroxyl groups excluding tert-OH is 2.